The summed E-state index contributed by atoms with van der Waals surface area (Å²) in [4.78, 5) is 19.7. The summed E-state index contributed by atoms with van der Waals surface area (Å²) in [7, 11) is 3.99. The van der Waals surface area contributed by atoms with E-state index in [0.29, 0.717) is 12.1 Å². The van der Waals surface area contributed by atoms with E-state index >= 15 is 0 Å². The van der Waals surface area contributed by atoms with Gasteiger partial charge >= 0.3 is 0 Å². The van der Waals surface area contributed by atoms with Crippen LogP contribution in [0.3, 0.4) is 0 Å². The lowest BCUT2D eigenvalue weighted by Gasteiger charge is -2.12. The summed E-state index contributed by atoms with van der Waals surface area (Å²) in [6, 6.07) is 14.4. The molecule has 1 aliphatic rings. The number of amides is 1. The minimum Gasteiger partial charge on any atom is -0.351 e. The van der Waals surface area contributed by atoms with Crippen molar-refractivity contribution in [1.82, 2.24) is 15.2 Å². The zero-order valence-electron chi connectivity index (χ0n) is 15.5. The molecule has 3 aromatic rings. The van der Waals surface area contributed by atoms with E-state index < -0.39 is 0 Å². The van der Waals surface area contributed by atoms with Gasteiger partial charge in [0.1, 0.15) is 0 Å². The van der Waals surface area contributed by atoms with E-state index in [0.717, 1.165) is 29.6 Å². The molecule has 4 rings (SSSR count). The van der Waals surface area contributed by atoms with Gasteiger partial charge in [-0.05, 0) is 49.8 Å². The van der Waals surface area contributed by atoms with E-state index in [4.69, 9.17) is 4.98 Å². The van der Waals surface area contributed by atoms with Gasteiger partial charge in [0.05, 0.1) is 16.8 Å². The van der Waals surface area contributed by atoms with E-state index in [1.54, 1.807) is 0 Å². The van der Waals surface area contributed by atoms with Gasteiger partial charge in [0.2, 0.25) is 0 Å². The molecule has 0 saturated carbocycles. The van der Waals surface area contributed by atoms with Gasteiger partial charge in [-0.3, -0.25) is 4.79 Å². The molecule has 0 unspecified atom stereocenters. The maximum absolute atomic E-state index is 12.7. The van der Waals surface area contributed by atoms with Crippen molar-refractivity contribution >= 4 is 16.8 Å². The molecular formula is C22H23N3O. The van der Waals surface area contributed by atoms with Crippen LogP contribution in [-0.4, -0.2) is 43.0 Å². The van der Waals surface area contributed by atoms with Crippen molar-refractivity contribution in [1.29, 1.82) is 0 Å². The Hall–Kier alpha value is -2.72. The van der Waals surface area contributed by atoms with E-state index in [1.165, 1.54) is 22.3 Å². The summed E-state index contributed by atoms with van der Waals surface area (Å²) >= 11 is 0. The minimum atomic E-state index is -0.0621. The predicted octanol–water partition coefficient (Wildman–Crippen LogP) is 3.41. The Morgan fingerprint density at radius 3 is 2.77 bits per heavy atom. The normalized spacial score (nSPS) is 12.3. The molecule has 1 heterocycles. The molecule has 4 heteroatoms. The number of likely N-dealkylation sites (N-methyl/N-ethyl adjacent to an activating group) is 1. The lowest BCUT2D eigenvalue weighted by molar-refractivity contribution is 0.0952. The minimum absolute atomic E-state index is 0.0621. The molecule has 132 valence electrons. The molecule has 2 aromatic carbocycles. The second kappa shape index (κ2) is 6.54. The second-order valence-electron chi connectivity index (χ2n) is 7.22. The van der Waals surface area contributed by atoms with Gasteiger partial charge in [-0.25, -0.2) is 4.98 Å². The van der Waals surface area contributed by atoms with Crippen LogP contribution in [0.2, 0.25) is 0 Å². The number of carbonyl (C=O) groups excluding carboxylic acids is 1. The zero-order chi connectivity index (χ0) is 18.3. The van der Waals surface area contributed by atoms with E-state index in [1.807, 2.05) is 37.2 Å². The standard InChI is InChI=1S/C22H23N3O/c1-14-6-4-7-15-12-17-13-16-8-5-9-18(20(16)24-21(17)19(14)15)22(26)23-10-11-25(2)3/h4-9,13H,10-12H2,1-3H3,(H,23,26). The SMILES string of the molecule is Cc1cccc2c1-c1nc3c(C(=O)NCCN(C)C)cccc3cc1C2. The van der Waals surface area contributed by atoms with Crippen molar-refractivity contribution in [3.63, 3.8) is 0 Å². The van der Waals surface area contributed by atoms with Gasteiger partial charge in [0.25, 0.3) is 5.91 Å². The van der Waals surface area contributed by atoms with Crippen LogP contribution in [0.15, 0.2) is 42.5 Å². The molecule has 0 aliphatic heterocycles. The number of nitrogens with zero attached hydrogens (tertiary/aromatic N) is 2. The predicted molar refractivity (Wildman–Crippen MR) is 106 cm³/mol. The monoisotopic (exact) mass is 345 g/mol. The molecule has 26 heavy (non-hydrogen) atoms. The summed E-state index contributed by atoms with van der Waals surface area (Å²) in [5, 5.41) is 4.02. The fourth-order valence-electron chi connectivity index (χ4n) is 3.68. The van der Waals surface area contributed by atoms with Crippen LogP contribution in [0.1, 0.15) is 27.0 Å². The molecule has 0 atom stereocenters. The van der Waals surface area contributed by atoms with E-state index in [2.05, 4.69) is 36.5 Å². The quantitative estimate of drug-likeness (QED) is 0.616. The first-order chi connectivity index (χ1) is 12.5. The molecule has 0 fully saturated rings. The first-order valence-corrected chi connectivity index (χ1v) is 8.99. The average molecular weight is 345 g/mol. The first kappa shape index (κ1) is 16.7. The van der Waals surface area contributed by atoms with E-state index in [9.17, 15) is 4.79 Å². The van der Waals surface area contributed by atoms with Crippen molar-refractivity contribution < 1.29 is 4.79 Å². The topological polar surface area (TPSA) is 45.2 Å². The molecule has 1 aliphatic carbocycles. The third-order valence-electron chi connectivity index (χ3n) is 4.99. The van der Waals surface area contributed by atoms with Crippen molar-refractivity contribution in [2.45, 2.75) is 13.3 Å². The van der Waals surface area contributed by atoms with Crippen LogP contribution in [-0.2, 0) is 6.42 Å². The molecular weight excluding hydrogens is 322 g/mol. The Balaban J connectivity index is 1.77. The highest BCUT2D eigenvalue weighted by Gasteiger charge is 2.23. The molecule has 0 radical (unpaired) electrons. The largest absolute Gasteiger partial charge is 0.351 e. The van der Waals surface area contributed by atoms with Crippen LogP contribution < -0.4 is 5.32 Å². The fourth-order valence-corrected chi connectivity index (χ4v) is 3.68. The van der Waals surface area contributed by atoms with Crippen LogP contribution in [0, 0.1) is 6.92 Å². The van der Waals surface area contributed by atoms with E-state index in [-0.39, 0.29) is 5.91 Å². The average Bonchev–Trinajstić information content (AvgIpc) is 2.97. The summed E-state index contributed by atoms with van der Waals surface area (Å²) in [5.41, 5.74) is 7.48. The number of aryl methyl sites for hydroxylation is 1. The molecule has 1 aromatic heterocycles. The maximum Gasteiger partial charge on any atom is 0.253 e. The number of fused-ring (bicyclic) bond motifs is 4. The smallest absolute Gasteiger partial charge is 0.253 e. The highest BCUT2D eigenvalue weighted by molar-refractivity contribution is 6.06. The van der Waals surface area contributed by atoms with Crippen molar-refractivity contribution in [3.05, 3.63) is 64.7 Å². The molecule has 0 bridgehead atoms. The van der Waals surface area contributed by atoms with Crippen molar-refractivity contribution in [3.8, 4) is 11.3 Å². The second-order valence-corrected chi connectivity index (χ2v) is 7.22. The highest BCUT2D eigenvalue weighted by Crippen LogP contribution is 2.39. The Bertz CT molecular complexity index is 1010. The van der Waals surface area contributed by atoms with Crippen LogP contribution in [0.25, 0.3) is 22.2 Å². The van der Waals surface area contributed by atoms with Gasteiger partial charge < -0.3 is 10.2 Å². The van der Waals surface area contributed by atoms with Gasteiger partial charge in [-0.15, -0.1) is 0 Å². The Kier molecular flexibility index (Phi) is 4.21. The number of hydrogen-bond donors (Lipinski definition) is 1. The Morgan fingerprint density at radius 1 is 1.15 bits per heavy atom. The van der Waals surface area contributed by atoms with Gasteiger partial charge in [-0.2, -0.15) is 0 Å². The number of pyridine rings is 1. The zero-order valence-corrected chi connectivity index (χ0v) is 15.5. The summed E-state index contributed by atoms with van der Waals surface area (Å²) in [6.07, 6.45) is 0.911. The van der Waals surface area contributed by atoms with Gasteiger partial charge in [-0.1, -0.05) is 30.3 Å². The molecule has 1 amide bonds. The lowest BCUT2D eigenvalue weighted by atomic mass is 10.0. The van der Waals surface area contributed by atoms with Crippen LogP contribution in [0.4, 0.5) is 0 Å². The van der Waals surface area contributed by atoms with Gasteiger partial charge in [0, 0.05) is 30.5 Å². The Morgan fingerprint density at radius 2 is 1.96 bits per heavy atom. The number of nitrogens with one attached hydrogen (secondary N) is 1. The third-order valence-corrected chi connectivity index (χ3v) is 4.99. The number of aromatic nitrogens is 1. The number of carbonyl (C=O) groups is 1. The van der Waals surface area contributed by atoms with Gasteiger partial charge in [0.15, 0.2) is 0 Å². The fraction of sp³-hybridized carbons (Fsp3) is 0.273. The first-order valence-electron chi connectivity index (χ1n) is 8.99. The number of para-hydroxylation sites is 1. The number of rotatable bonds is 4. The highest BCUT2D eigenvalue weighted by atomic mass is 16.1. The van der Waals surface area contributed by atoms with Crippen LogP contribution in [0.5, 0.6) is 0 Å². The number of hydrogen-bond acceptors (Lipinski definition) is 3. The van der Waals surface area contributed by atoms with Crippen LogP contribution >= 0.6 is 0 Å². The summed E-state index contributed by atoms with van der Waals surface area (Å²) in [5.74, 6) is -0.0621. The summed E-state index contributed by atoms with van der Waals surface area (Å²) in [6.45, 7) is 3.56. The molecule has 0 saturated heterocycles. The lowest BCUT2D eigenvalue weighted by Crippen LogP contribution is -2.31. The van der Waals surface area contributed by atoms with Crippen molar-refractivity contribution in [2.24, 2.45) is 0 Å². The summed E-state index contributed by atoms with van der Waals surface area (Å²) < 4.78 is 0. The molecule has 4 nitrogen and oxygen atoms in total. The Labute approximate surface area is 153 Å². The van der Waals surface area contributed by atoms with Crippen molar-refractivity contribution in [2.75, 3.05) is 27.2 Å². The maximum atomic E-state index is 12.7. The molecule has 1 N–H and O–H groups in total. The molecule has 0 spiro atoms. The number of benzene rings is 2. The third kappa shape index (κ3) is 2.86.